The van der Waals surface area contributed by atoms with E-state index in [1.54, 1.807) is 18.9 Å². The van der Waals surface area contributed by atoms with Gasteiger partial charge in [0.05, 0.1) is 0 Å². The first-order valence-electron chi connectivity index (χ1n) is 10.8. The van der Waals surface area contributed by atoms with Crippen LogP contribution in [0, 0.1) is 0 Å². The van der Waals surface area contributed by atoms with E-state index in [-0.39, 0.29) is 24.0 Å². The average Bonchev–Trinajstić information content (AvgIpc) is 3.39. The molecule has 1 aromatic heterocycles. The first kappa shape index (κ1) is 27.4. The largest absolute Gasteiger partial charge is 0.385 e. The molecule has 1 aliphatic carbocycles. The van der Waals surface area contributed by atoms with Crippen LogP contribution in [-0.2, 0) is 11.2 Å². The topological polar surface area (TPSA) is 79.6 Å². The Labute approximate surface area is 203 Å². The molecule has 8 nitrogen and oxygen atoms in total. The van der Waals surface area contributed by atoms with Crippen molar-refractivity contribution in [2.45, 2.75) is 56.1 Å². The van der Waals surface area contributed by atoms with Crippen LogP contribution < -0.4 is 10.6 Å². The summed E-state index contributed by atoms with van der Waals surface area (Å²) in [6.45, 7) is 4.58. The molecule has 0 bridgehead atoms. The Bertz CT molecular complexity index is 608. The van der Waals surface area contributed by atoms with Gasteiger partial charge in [0.15, 0.2) is 11.1 Å². The number of ether oxygens (including phenoxy) is 1. The first-order chi connectivity index (χ1) is 14.2. The van der Waals surface area contributed by atoms with E-state index in [0.717, 1.165) is 69.0 Å². The third-order valence-corrected chi connectivity index (χ3v) is 6.02. The molecule has 0 radical (unpaired) electrons. The number of rotatable bonds is 13. The number of guanidine groups is 1. The quantitative estimate of drug-likeness (QED) is 0.128. The highest BCUT2D eigenvalue weighted by molar-refractivity contribution is 14.0. The van der Waals surface area contributed by atoms with Gasteiger partial charge in [-0.1, -0.05) is 24.6 Å². The Balaban J connectivity index is 0.00000450. The molecule has 0 aliphatic heterocycles. The molecule has 1 saturated carbocycles. The summed E-state index contributed by atoms with van der Waals surface area (Å²) in [5, 5.41) is 16.7. The van der Waals surface area contributed by atoms with Crippen LogP contribution in [0.15, 0.2) is 10.1 Å². The number of hydrogen-bond acceptors (Lipinski definition) is 6. The standard InChI is InChI=1S/C20H39N7OS.HI/c1-21-19(23-13-15-26(2)14-8-16-28-3)22-12-7-11-18-24-25-20(29-4)27(18)17-9-5-6-10-17;/h17H,5-16H2,1-4H3,(H2,21,22,23);1H. The lowest BCUT2D eigenvalue weighted by Crippen LogP contribution is -2.41. The first-order valence-corrected chi connectivity index (χ1v) is 12.0. The molecule has 0 aromatic carbocycles. The van der Waals surface area contributed by atoms with Crippen LogP contribution in [0.1, 0.15) is 50.4 Å². The summed E-state index contributed by atoms with van der Waals surface area (Å²) in [6.07, 6.45) is 10.3. The fraction of sp³-hybridized carbons (Fsp3) is 0.850. The number of aryl methyl sites for hydroxylation is 1. The zero-order valence-corrected chi connectivity index (χ0v) is 22.2. The summed E-state index contributed by atoms with van der Waals surface area (Å²) >= 11 is 1.70. The van der Waals surface area contributed by atoms with Crippen LogP contribution in [0.5, 0.6) is 0 Å². The molecular formula is C20H40IN7OS. The molecule has 0 unspecified atom stereocenters. The summed E-state index contributed by atoms with van der Waals surface area (Å²) in [7, 11) is 5.70. The molecule has 10 heteroatoms. The summed E-state index contributed by atoms with van der Waals surface area (Å²) in [6, 6.07) is 0.589. The van der Waals surface area contributed by atoms with Gasteiger partial charge in [0.1, 0.15) is 5.82 Å². The number of aromatic nitrogens is 3. The van der Waals surface area contributed by atoms with Gasteiger partial charge in [-0.15, -0.1) is 34.2 Å². The monoisotopic (exact) mass is 553 g/mol. The Morgan fingerprint density at radius 1 is 1.20 bits per heavy atom. The Hall–Kier alpha value is -0.590. The predicted octanol–water partition coefficient (Wildman–Crippen LogP) is 2.80. The number of aliphatic imine (C=N–C) groups is 1. The van der Waals surface area contributed by atoms with Gasteiger partial charge < -0.3 is 24.8 Å². The highest BCUT2D eigenvalue weighted by Gasteiger charge is 2.23. The van der Waals surface area contributed by atoms with Gasteiger partial charge >= 0.3 is 0 Å². The van der Waals surface area contributed by atoms with Crippen LogP contribution in [0.4, 0.5) is 0 Å². The fourth-order valence-corrected chi connectivity index (χ4v) is 4.35. The third-order valence-electron chi connectivity index (χ3n) is 5.38. The van der Waals surface area contributed by atoms with Gasteiger partial charge in [0.25, 0.3) is 0 Å². The number of nitrogens with zero attached hydrogens (tertiary/aromatic N) is 5. The molecule has 174 valence electrons. The Morgan fingerprint density at radius 3 is 2.60 bits per heavy atom. The smallest absolute Gasteiger partial charge is 0.191 e. The van der Waals surface area contributed by atoms with Crippen LogP contribution in [-0.4, -0.2) is 85.9 Å². The molecule has 0 saturated heterocycles. The summed E-state index contributed by atoms with van der Waals surface area (Å²) < 4.78 is 7.49. The molecule has 1 aliphatic rings. The van der Waals surface area contributed by atoms with Crippen molar-refractivity contribution >= 4 is 41.7 Å². The molecule has 30 heavy (non-hydrogen) atoms. The van der Waals surface area contributed by atoms with Crippen molar-refractivity contribution in [2.75, 3.05) is 60.2 Å². The van der Waals surface area contributed by atoms with Gasteiger partial charge in [-0.05, 0) is 39.0 Å². The van der Waals surface area contributed by atoms with Crippen molar-refractivity contribution in [1.29, 1.82) is 0 Å². The molecule has 0 spiro atoms. The van der Waals surface area contributed by atoms with Crippen LogP contribution >= 0.6 is 35.7 Å². The lowest BCUT2D eigenvalue weighted by atomic mass is 10.2. The van der Waals surface area contributed by atoms with E-state index in [2.05, 4.69) is 48.6 Å². The van der Waals surface area contributed by atoms with Gasteiger partial charge in [0.2, 0.25) is 0 Å². The second-order valence-corrected chi connectivity index (χ2v) is 8.36. The maximum absolute atomic E-state index is 5.10. The van der Waals surface area contributed by atoms with E-state index in [1.807, 2.05) is 7.05 Å². The number of hydrogen-bond donors (Lipinski definition) is 2. The molecule has 1 fully saturated rings. The minimum absolute atomic E-state index is 0. The second kappa shape index (κ2) is 16.1. The third kappa shape index (κ3) is 9.27. The molecule has 2 rings (SSSR count). The summed E-state index contributed by atoms with van der Waals surface area (Å²) in [5.74, 6) is 1.99. The molecular weight excluding hydrogens is 513 g/mol. The van der Waals surface area contributed by atoms with E-state index in [4.69, 9.17) is 4.74 Å². The maximum atomic E-state index is 5.10. The maximum Gasteiger partial charge on any atom is 0.191 e. The summed E-state index contributed by atoms with van der Waals surface area (Å²) in [4.78, 5) is 6.63. The van der Waals surface area contributed by atoms with Crippen molar-refractivity contribution in [3.8, 4) is 0 Å². The number of likely N-dealkylation sites (N-methyl/N-ethyl adjacent to an activating group) is 1. The molecule has 2 N–H and O–H groups in total. The number of halogens is 1. The Morgan fingerprint density at radius 2 is 1.93 bits per heavy atom. The van der Waals surface area contributed by atoms with Crippen LogP contribution in [0.25, 0.3) is 0 Å². The fourth-order valence-electron chi connectivity index (χ4n) is 3.78. The van der Waals surface area contributed by atoms with Gasteiger partial charge in [0, 0.05) is 59.4 Å². The van der Waals surface area contributed by atoms with E-state index in [9.17, 15) is 0 Å². The van der Waals surface area contributed by atoms with Gasteiger partial charge in [-0.2, -0.15) is 0 Å². The van der Waals surface area contributed by atoms with Gasteiger partial charge in [-0.25, -0.2) is 0 Å². The molecule has 0 amide bonds. The number of nitrogens with one attached hydrogen (secondary N) is 2. The lowest BCUT2D eigenvalue weighted by molar-refractivity contribution is 0.180. The van der Waals surface area contributed by atoms with E-state index >= 15 is 0 Å². The number of thioether (sulfide) groups is 1. The normalized spacial score (nSPS) is 14.9. The lowest BCUT2D eigenvalue weighted by Gasteiger charge is -2.18. The van der Waals surface area contributed by atoms with E-state index in [0.29, 0.717) is 6.04 Å². The zero-order chi connectivity index (χ0) is 20.9. The van der Waals surface area contributed by atoms with Gasteiger partial charge in [-0.3, -0.25) is 4.99 Å². The molecule has 1 aromatic rings. The van der Waals surface area contributed by atoms with Crippen molar-refractivity contribution < 1.29 is 4.74 Å². The Kier molecular flexibility index (Phi) is 14.7. The minimum atomic E-state index is 0. The van der Waals surface area contributed by atoms with Crippen molar-refractivity contribution in [2.24, 2.45) is 4.99 Å². The van der Waals surface area contributed by atoms with E-state index in [1.165, 1.54) is 25.7 Å². The highest BCUT2D eigenvalue weighted by Crippen LogP contribution is 2.33. The zero-order valence-electron chi connectivity index (χ0n) is 19.0. The SMILES string of the molecule is CN=C(NCCCc1nnc(SC)n1C1CCCC1)NCCN(C)CCCOC.I. The van der Waals surface area contributed by atoms with Crippen LogP contribution in [0.3, 0.4) is 0 Å². The van der Waals surface area contributed by atoms with Crippen LogP contribution in [0.2, 0.25) is 0 Å². The average molecular weight is 554 g/mol. The predicted molar refractivity (Wildman–Crippen MR) is 136 cm³/mol. The van der Waals surface area contributed by atoms with Crippen molar-refractivity contribution in [3.05, 3.63) is 5.82 Å². The van der Waals surface area contributed by atoms with Crippen molar-refractivity contribution in [3.63, 3.8) is 0 Å². The highest BCUT2D eigenvalue weighted by atomic mass is 127. The number of methoxy groups -OCH3 is 1. The second-order valence-electron chi connectivity index (χ2n) is 7.59. The summed E-state index contributed by atoms with van der Waals surface area (Å²) in [5.41, 5.74) is 0. The van der Waals surface area contributed by atoms with E-state index < -0.39 is 0 Å². The molecule has 1 heterocycles. The van der Waals surface area contributed by atoms with Crippen molar-refractivity contribution in [1.82, 2.24) is 30.3 Å². The molecule has 0 atom stereocenters. The minimum Gasteiger partial charge on any atom is -0.385 e.